The molecule has 4 rings (SSSR count). The van der Waals surface area contributed by atoms with Crippen LogP contribution in [0.3, 0.4) is 0 Å². The Kier molecular flexibility index (Phi) is 7.85. The van der Waals surface area contributed by atoms with Crippen LogP contribution in [0.2, 0.25) is 0 Å². The summed E-state index contributed by atoms with van der Waals surface area (Å²) in [6.07, 6.45) is 2.24. The first kappa shape index (κ1) is 26.0. The number of nitrogens with one attached hydrogen (secondary N) is 1. The minimum Gasteiger partial charge on any atom is -0.477 e. The number of aromatic nitrogens is 1. The molecule has 0 spiro atoms. The average Bonchev–Trinajstić information content (AvgIpc) is 3.53. The summed E-state index contributed by atoms with van der Waals surface area (Å²) < 4.78 is 14.3. The van der Waals surface area contributed by atoms with Gasteiger partial charge in [0, 0.05) is 28.4 Å². The molecule has 36 heavy (non-hydrogen) atoms. The molecule has 1 fully saturated rings. The molecule has 0 bridgehead atoms. The Morgan fingerprint density at radius 2 is 1.92 bits per heavy atom. The predicted molar refractivity (Wildman–Crippen MR) is 141 cm³/mol. The quantitative estimate of drug-likeness (QED) is 0.348. The van der Waals surface area contributed by atoms with Gasteiger partial charge in [-0.05, 0) is 62.8 Å². The fourth-order valence-electron chi connectivity index (χ4n) is 4.38. The fraction of sp³-hybridized carbons (Fsp3) is 0.385. The van der Waals surface area contributed by atoms with Gasteiger partial charge < -0.3 is 15.3 Å². The Labute approximate surface area is 217 Å². The highest BCUT2D eigenvalue weighted by Gasteiger charge is 2.36. The number of rotatable bonds is 8. The summed E-state index contributed by atoms with van der Waals surface area (Å²) >= 11 is 2.44. The summed E-state index contributed by atoms with van der Waals surface area (Å²) in [5.74, 6) is -1.85. The number of thiazole rings is 1. The SMILES string of the molecule is CCCN(C(=O)C1CCC(C)(F)CC1)c1cc(-c2ccc(NC(=O)c3cscn3)cc2)sc1C(=O)O. The van der Waals surface area contributed by atoms with Crippen molar-refractivity contribution < 1.29 is 23.9 Å². The second-order valence-corrected chi connectivity index (χ2v) is 11.0. The molecule has 0 atom stereocenters. The topological polar surface area (TPSA) is 99.6 Å². The number of hydrogen-bond donors (Lipinski definition) is 2. The van der Waals surface area contributed by atoms with Gasteiger partial charge in [0.2, 0.25) is 5.91 Å². The molecule has 0 aliphatic heterocycles. The molecule has 2 N–H and O–H groups in total. The third-order valence-electron chi connectivity index (χ3n) is 6.38. The minimum atomic E-state index is -1.25. The summed E-state index contributed by atoms with van der Waals surface area (Å²) in [6, 6.07) is 8.82. The third-order valence-corrected chi connectivity index (χ3v) is 8.13. The van der Waals surface area contributed by atoms with E-state index in [0.29, 0.717) is 60.6 Å². The van der Waals surface area contributed by atoms with Crippen LogP contribution in [0, 0.1) is 5.92 Å². The molecule has 1 aromatic carbocycles. The maximum absolute atomic E-state index is 14.3. The number of nitrogens with zero attached hydrogens (tertiary/aromatic N) is 2. The highest BCUT2D eigenvalue weighted by atomic mass is 32.1. The van der Waals surface area contributed by atoms with E-state index < -0.39 is 11.6 Å². The average molecular weight is 530 g/mol. The van der Waals surface area contributed by atoms with Crippen LogP contribution in [0.15, 0.2) is 41.2 Å². The van der Waals surface area contributed by atoms with Gasteiger partial charge in [-0.15, -0.1) is 22.7 Å². The zero-order chi connectivity index (χ0) is 25.9. The van der Waals surface area contributed by atoms with E-state index >= 15 is 0 Å². The van der Waals surface area contributed by atoms with Crippen molar-refractivity contribution in [1.29, 1.82) is 0 Å². The van der Waals surface area contributed by atoms with Crippen molar-refractivity contribution in [3.63, 3.8) is 0 Å². The molecule has 0 radical (unpaired) electrons. The number of amides is 2. The number of halogens is 1. The lowest BCUT2D eigenvalue weighted by Gasteiger charge is -2.33. The Morgan fingerprint density at radius 3 is 2.50 bits per heavy atom. The summed E-state index contributed by atoms with van der Waals surface area (Å²) in [5, 5.41) is 14.4. The molecule has 2 heterocycles. The van der Waals surface area contributed by atoms with E-state index in [-0.39, 0.29) is 22.6 Å². The molecule has 0 unspecified atom stereocenters. The summed E-state index contributed by atoms with van der Waals surface area (Å²) in [6.45, 7) is 3.90. The van der Waals surface area contributed by atoms with Crippen molar-refractivity contribution >= 4 is 51.8 Å². The van der Waals surface area contributed by atoms with E-state index in [4.69, 9.17) is 0 Å². The highest BCUT2D eigenvalue weighted by Crippen LogP contribution is 2.40. The van der Waals surface area contributed by atoms with Crippen molar-refractivity contribution in [3.8, 4) is 10.4 Å². The van der Waals surface area contributed by atoms with Crippen molar-refractivity contribution in [3.05, 3.63) is 51.8 Å². The second kappa shape index (κ2) is 10.9. The lowest BCUT2D eigenvalue weighted by Crippen LogP contribution is -2.40. The van der Waals surface area contributed by atoms with Crippen LogP contribution in [0.25, 0.3) is 10.4 Å². The van der Waals surface area contributed by atoms with Gasteiger partial charge in [-0.2, -0.15) is 0 Å². The van der Waals surface area contributed by atoms with E-state index in [9.17, 15) is 23.9 Å². The zero-order valence-corrected chi connectivity index (χ0v) is 21.8. The van der Waals surface area contributed by atoms with Crippen LogP contribution < -0.4 is 10.2 Å². The minimum absolute atomic E-state index is 0.0962. The van der Waals surface area contributed by atoms with Crippen LogP contribution in [0.1, 0.15) is 66.1 Å². The van der Waals surface area contributed by atoms with Crippen LogP contribution in [0.5, 0.6) is 0 Å². The normalized spacial score (nSPS) is 19.6. The highest BCUT2D eigenvalue weighted by molar-refractivity contribution is 7.18. The molecule has 7 nitrogen and oxygen atoms in total. The molecule has 0 saturated heterocycles. The van der Waals surface area contributed by atoms with Crippen LogP contribution in [-0.2, 0) is 4.79 Å². The number of carboxylic acids is 1. The van der Waals surface area contributed by atoms with Gasteiger partial charge in [-0.25, -0.2) is 14.2 Å². The molecular formula is C26H28FN3O4S2. The lowest BCUT2D eigenvalue weighted by atomic mass is 9.80. The van der Waals surface area contributed by atoms with Crippen LogP contribution >= 0.6 is 22.7 Å². The molecule has 2 amide bonds. The fourth-order valence-corrected chi connectivity index (χ4v) is 5.91. The predicted octanol–water partition coefficient (Wildman–Crippen LogP) is 6.48. The molecule has 1 aliphatic carbocycles. The number of aromatic carboxylic acids is 1. The van der Waals surface area contributed by atoms with Gasteiger partial charge >= 0.3 is 5.97 Å². The summed E-state index contributed by atoms with van der Waals surface area (Å²) in [4.78, 5) is 44.1. The van der Waals surface area contributed by atoms with Gasteiger partial charge in [0.1, 0.15) is 16.2 Å². The van der Waals surface area contributed by atoms with Crippen LogP contribution in [0.4, 0.5) is 15.8 Å². The molecule has 1 saturated carbocycles. The number of hydrogen-bond acceptors (Lipinski definition) is 6. The maximum atomic E-state index is 14.3. The van der Waals surface area contributed by atoms with Gasteiger partial charge in [0.05, 0.1) is 11.2 Å². The Hall–Kier alpha value is -3.11. The number of carbonyl (C=O) groups is 3. The van der Waals surface area contributed by atoms with Crippen molar-refractivity contribution in [2.75, 3.05) is 16.8 Å². The van der Waals surface area contributed by atoms with E-state index in [0.717, 1.165) is 16.9 Å². The Bertz CT molecular complexity index is 1230. The Balaban J connectivity index is 1.57. The first-order valence-corrected chi connectivity index (χ1v) is 13.6. The van der Waals surface area contributed by atoms with E-state index in [2.05, 4.69) is 10.3 Å². The molecule has 10 heteroatoms. The maximum Gasteiger partial charge on any atom is 0.348 e. The molecular weight excluding hydrogens is 501 g/mol. The van der Waals surface area contributed by atoms with E-state index in [1.165, 1.54) is 11.3 Å². The molecule has 3 aromatic rings. The van der Waals surface area contributed by atoms with E-state index in [1.807, 2.05) is 6.92 Å². The van der Waals surface area contributed by atoms with E-state index in [1.54, 1.807) is 53.0 Å². The zero-order valence-electron chi connectivity index (χ0n) is 20.1. The Morgan fingerprint density at radius 1 is 1.22 bits per heavy atom. The molecule has 2 aromatic heterocycles. The van der Waals surface area contributed by atoms with Gasteiger partial charge in [-0.1, -0.05) is 19.1 Å². The smallest absolute Gasteiger partial charge is 0.348 e. The molecule has 190 valence electrons. The largest absolute Gasteiger partial charge is 0.477 e. The number of benzene rings is 1. The lowest BCUT2D eigenvalue weighted by molar-refractivity contribution is -0.124. The summed E-state index contributed by atoms with van der Waals surface area (Å²) in [5.41, 5.74) is 2.42. The van der Waals surface area contributed by atoms with Crippen molar-refractivity contribution in [2.45, 2.75) is 51.6 Å². The monoisotopic (exact) mass is 529 g/mol. The number of anilines is 2. The van der Waals surface area contributed by atoms with Gasteiger partial charge in [0.25, 0.3) is 5.91 Å². The first-order valence-electron chi connectivity index (χ1n) is 11.9. The second-order valence-electron chi connectivity index (χ2n) is 9.21. The van der Waals surface area contributed by atoms with Crippen LogP contribution in [-0.4, -0.2) is 40.1 Å². The summed E-state index contributed by atoms with van der Waals surface area (Å²) in [7, 11) is 0. The standard InChI is InChI=1S/C26H28FN3O4S2/c1-3-12-30(24(32)17-8-10-26(2,27)11-9-17)20-13-21(36-22(20)25(33)34)16-4-6-18(7-5-16)29-23(31)19-14-35-15-28-19/h4-7,13-15,17H,3,8-12H2,1-2H3,(H,29,31)(H,33,34). The number of thiophene rings is 1. The number of carbonyl (C=O) groups excluding carboxylic acids is 2. The number of alkyl halides is 1. The van der Waals surface area contributed by atoms with Gasteiger partial charge in [-0.3, -0.25) is 9.59 Å². The van der Waals surface area contributed by atoms with Crippen molar-refractivity contribution in [1.82, 2.24) is 4.98 Å². The first-order chi connectivity index (χ1) is 17.2. The molecule has 1 aliphatic rings. The van der Waals surface area contributed by atoms with Gasteiger partial charge in [0.15, 0.2) is 0 Å². The third kappa shape index (κ3) is 5.82. The van der Waals surface area contributed by atoms with Crippen molar-refractivity contribution in [2.24, 2.45) is 5.92 Å². The number of carboxylic acid groups (broad SMARTS) is 1.